The standard InChI is InChI=1S/C9H12N4S2/c1-2-3-8-12-7(4-14-8)5-15-9-10-6-11-13-9/h4,6H,2-3,5H2,1H3,(H,10,11,13). The predicted octanol–water partition coefficient (Wildman–Crippen LogP) is 2.51. The number of aromatic amines is 1. The first kappa shape index (κ1) is 10.6. The summed E-state index contributed by atoms with van der Waals surface area (Å²) in [6.07, 6.45) is 3.76. The van der Waals surface area contributed by atoms with Crippen LogP contribution in [0.25, 0.3) is 0 Å². The lowest BCUT2D eigenvalue weighted by Crippen LogP contribution is -1.85. The molecule has 2 heterocycles. The van der Waals surface area contributed by atoms with Crippen molar-refractivity contribution < 1.29 is 0 Å². The van der Waals surface area contributed by atoms with Crippen LogP contribution in [0.3, 0.4) is 0 Å². The smallest absolute Gasteiger partial charge is 0.183 e. The van der Waals surface area contributed by atoms with Crippen LogP contribution in [0.5, 0.6) is 0 Å². The molecule has 2 aromatic rings. The molecule has 0 aliphatic rings. The van der Waals surface area contributed by atoms with Gasteiger partial charge in [0.05, 0.1) is 10.7 Å². The van der Waals surface area contributed by atoms with E-state index in [1.165, 1.54) is 11.3 Å². The van der Waals surface area contributed by atoms with Crippen molar-refractivity contribution in [2.24, 2.45) is 0 Å². The minimum absolute atomic E-state index is 0.847. The predicted molar refractivity (Wildman–Crippen MR) is 62.1 cm³/mol. The van der Waals surface area contributed by atoms with Crippen molar-refractivity contribution in [2.45, 2.75) is 30.7 Å². The van der Waals surface area contributed by atoms with Crippen molar-refractivity contribution in [3.05, 3.63) is 22.4 Å². The SMILES string of the molecule is CCCc1nc(CSc2ncn[nH]2)cs1. The summed E-state index contributed by atoms with van der Waals surface area (Å²) >= 11 is 3.37. The number of nitrogens with one attached hydrogen (secondary N) is 1. The van der Waals surface area contributed by atoms with Gasteiger partial charge in [0.1, 0.15) is 6.33 Å². The van der Waals surface area contributed by atoms with E-state index >= 15 is 0 Å². The monoisotopic (exact) mass is 240 g/mol. The van der Waals surface area contributed by atoms with E-state index in [9.17, 15) is 0 Å². The summed E-state index contributed by atoms with van der Waals surface area (Å²) in [5.41, 5.74) is 1.13. The number of hydrogen-bond donors (Lipinski definition) is 1. The molecule has 0 spiro atoms. The summed E-state index contributed by atoms with van der Waals surface area (Å²) in [7, 11) is 0. The van der Waals surface area contributed by atoms with E-state index in [0.717, 1.165) is 29.4 Å². The molecule has 0 aliphatic carbocycles. The van der Waals surface area contributed by atoms with Crippen molar-refractivity contribution in [1.82, 2.24) is 20.2 Å². The van der Waals surface area contributed by atoms with Crippen LogP contribution in [0.2, 0.25) is 0 Å². The summed E-state index contributed by atoms with van der Waals surface area (Å²) in [6, 6.07) is 0. The number of thioether (sulfide) groups is 1. The number of H-pyrrole nitrogens is 1. The molecule has 2 rings (SSSR count). The van der Waals surface area contributed by atoms with E-state index < -0.39 is 0 Å². The Hall–Kier alpha value is -0.880. The fourth-order valence-corrected chi connectivity index (χ4v) is 2.83. The minimum Gasteiger partial charge on any atom is -0.254 e. The topological polar surface area (TPSA) is 54.5 Å². The fourth-order valence-electron chi connectivity index (χ4n) is 1.15. The van der Waals surface area contributed by atoms with Crippen LogP contribution in [0.15, 0.2) is 16.9 Å². The third kappa shape index (κ3) is 3.04. The highest BCUT2D eigenvalue weighted by atomic mass is 32.2. The molecule has 0 unspecified atom stereocenters. The third-order valence-corrected chi connectivity index (χ3v) is 3.68. The highest BCUT2D eigenvalue weighted by Crippen LogP contribution is 2.20. The van der Waals surface area contributed by atoms with Gasteiger partial charge in [0, 0.05) is 11.1 Å². The first-order chi connectivity index (χ1) is 7.38. The summed E-state index contributed by atoms with van der Waals surface area (Å²) in [5, 5.41) is 10.8. The number of rotatable bonds is 5. The number of nitrogens with zero attached hydrogens (tertiary/aromatic N) is 3. The van der Waals surface area contributed by atoms with Crippen molar-refractivity contribution >= 4 is 23.1 Å². The molecule has 0 amide bonds. The third-order valence-electron chi connectivity index (χ3n) is 1.81. The first-order valence-corrected chi connectivity index (χ1v) is 6.66. The maximum Gasteiger partial charge on any atom is 0.183 e. The average molecular weight is 240 g/mol. The second kappa shape index (κ2) is 5.27. The Bertz CT molecular complexity index is 396. The number of thiazole rings is 1. The number of aromatic nitrogens is 4. The highest BCUT2D eigenvalue weighted by molar-refractivity contribution is 7.98. The van der Waals surface area contributed by atoms with Crippen molar-refractivity contribution in [1.29, 1.82) is 0 Å². The lowest BCUT2D eigenvalue weighted by atomic mass is 10.3. The first-order valence-electron chi connectivity index (χ1n) is 4.80. The maximum absolute atomic E-state index is 4.54. The van der Waals surface area contributed by atoms with Gasteiger partial charge in [-0.15, -0.1) is 11.3 Å². The zero-order chi connectivity index (χ0) is 10.5. The molecule has 0 atom stereocenters. The molecule has 0 aromatic carbocycles. The van der Waals surface area contributed by atoms with Gasteiger partial charge in [-0.3, -0.25) is 5.10 Å². The van der Waals surface area contributed by atoms with Crippen molar-refractivity contribution in [3.8, 4) is 0 Å². The molecule has 15 heavy (non-hydrogen) atoms. The normalized spacial score (nSPS) is 10.7. The molecular weight excluding hydrogens is 228 g/mol. The Morgan fingerprint density at radius 3 is 3.20 bits per heavy atom. The Morgan fingerprint density at radius 2 is 2.47 bits per heavy atom. The Labute approximate surface area is 96.5 Å². The van der Waals surface area contributed by atoms with E-state index in [1.807, 2.05) is 0 Å². The molecule has 0 aliphatic heterocycles. The minimum atomic E-state index is 0.847. The van der Waals surface area contributed by atoms with Crippen molar-refractivity contribution in [3.63, 3.8) is 0 Å². The van der Waals surface area contributed by atoms with Crippen molar-refractivity contribution in [2.75, 3.05) is 0 Å². The van der Waals surface area contributed by atoms with Gasteiger partial charge in [0.2, 0.25) is 0 Å². The largest absolute Gasteiger partial charge is 0.254 e. The van der Waals surface area contributed by atoms with E-state index in [1.54, 1.807) is 23.1 Å². The zero-order valence-corrected chi connectivity index (χ0v) is 10.1. The summed E-state index contributed by atoms with van der Waals surface area (Å²) in [4.78, 5) is 8.58. The second-order valence-electron chi connectivity index (χ2n) is 3.06. The number of hydrogen-bond acceptors (Lipinski definition) is 5. The molecule has 0 radical (unpaired) electrons. The Kier molecular flexibility index (Phi) is 3.74. The molecule has 0 saturated carbocycles. The molecule has 6 heteroatoms. The number of aryl methyl sites for hydroxylation is 1. The summed E-state index contributed by atoms with van der Waals surface area (Å²) in [6.45, 7) is 2.17. The van der Waals surface area contributed by atoms with Gasteiger partial charge in [-0.05, 0) is 12.8 Å². The molecule has 80 valence electrons. The Balaban J connectivity index is 1.88. The van der Waals surface area contributed by atoms with Crippen LogP contribution < -0.4 is 0 Å². The molecule has 0 bridgehead atoms. The van der Waals surface area contributed by atoms with Gasteiger partial charge in [-0.2, -0.15) is 5.10 Å². The van der Waals surface area contributed by atoms with E-state index in [2.05, 4.69) is 32.5 Å². The molecule has 4 nitrogen and oxygen atoms in total. The lowest BCUT2D eigenvalue weighted by Gasteiger charge is -1.92. The van der Waals surface area contributed by atoms with Crippen LogP contribution in [-0.4, -0.2) is 20.2 Å². The molecule has 0 saturated heterocycles. The summed E-state index contributed by atoms with van der Waals surface area (Å²) < 4.78 is 0. The van der Waals surface area contributed by atoms with E-state index in [4.69, 9.17) is 0 Å². The van der Waals surface area contributed by atoms with Crippen LogP contribution in [0, 0.1) is 0 Å². The molecule has 2 aromatic heterocycles. The Morgan fingerprint density at radius 1 is 1.53 bits per heavy atom. The second-order valence-corrected chi connectivity index (χ2v) is 4.97. The molecule has 1 N–H and O–H groups in total. The quantitative estimate of drug-likeness (QED) is 0.816. The van der Waals surface area contributed by atoms with Crippen LogP contribution in [0.1, 0.15) is 24.0 Å². The van der Waals surface area contributed by atoms with Gasteiger partial charge >= 0.3 is 0 Å². The van der Waals surface area contributed by atoms with Gasteiger partial charge in [0.25, 0.3) is 0 Å². The van der Waals surface area contributed by atoms with E-state index in [0.29, 0.717) is 0 Å². The molecular formula is C9H12N4S2. The average Bonchev–Trinajstić information content (AvgIpc) is 2.85. The van der Waals surface area contributed by atoms with Gasteiger partial charge in [0.15, 0.2) is 5.16 Å². The fraction of sp³-hybridized carbons (Fsp3) is 0.444. The maximum atomic E-state index is 4.54. The zero-order valence-electron chi connectivity index (χ0n) is 8.43. The van der Waals surface area contributed by atoms with Gasteiger partial charge in [-0.25, -0.2) is 9.97 Å². The van der Waals surface area contributed by atoms with Crippen LogP contribution in [-0.2, 0) is 12.2 Å². The van der Waals surface area contributed by atoms with Crippen LogP contribution in [0.4, 0.5) is 0 Å². The van der Waals surface area contributed by atoms with Gasteiger partial charge < -0.3 is 0 Å². The summed E-state index contributed by atoms with van der Waals surface area (Å²) in [5.74, 6) is 0.857. The van der Waals surface area contributed by atoms with E-state index in [-0.39, 0.29) is 0 Å². The lowest BCUT2D eigenvalue weighted by molar-refractivity contribution is 0.901. The highest BCUT2D eigenvalue weighted by Gasteiger charge is 2.03. The van der Waals surface area contributed by atoms with Crippen LogP contribution >= 0.6 is 23.1 Å². The molecule has 0 fully saturated rings. The van der Waals surface area contributed by atoms with Gasteiger partial charge in [-0.1, -0.05) is 18.7 Å².